The molecule has 4 heterocycles. The summed E-state index contributed by atoms with van der Waals surface area (Å²) in [5.74, 6) is 0.440. The lowest BCUT2D eigenvalue weighted by Gasteiger charge is -2.31. The van der Waals surface area contributed by atoms with Gasteiger partial charge in [0.15, 0.2) is 0 Å². The van der Waals surface area contributed by atoms with E-state index in [1.807, 2.05) is 17.0 Å². The van der Waals surface area contributed by atoms with Crippen LogP contribution in [0.15, 0.2) is 40.6 Å². The predicted molar refractivity (Wildman–Crippen MR) is 133 cm³/mol. The van der Waals surface area contributed by atoms with Crippen LogP contribution in [-0.4, -0.2) is 54.3 Å². The number of hydrogen-bond donors (Lipinski definition) is 0. The summed E-state index contributed by atoms with van der Waals surface area (Å²) in [6, 6.07) is 11.5. The molecule has 0 bridgehead atoms. The Morgan fingerprint density at radius 2 is 1.76 bits per heavy atom. The average Bonchev–Trinajstić information content (AvgIpc) is 3.55. The molecule has 1 amide bonds. The number of rotatable bonds is 5. The van der Waals surface area contributed by atoms with Gasteiger partial charge in [0.05, 0.1) is 4.34 Å². The molecule has 5 rings (SSSR count). The second-order valence-electron chi connectivity index (χ2n) is 8.93. The van der Waals surface area contributed by atoms with E-state index in [9.17, 15) is 13.2 Å². The van der Waals surface area contributed by atoms with Crippen molar-refractivity contribution in [2.75, 3.05) is 26.2 Å². The Morgan fingerprint density at radius 3 is 2.42 bits per heavy atom. The Hall–Kier alpha value is -1.87. The molecule has 2 fully saturated rings. The number of carbonyl (C=O) groups excluding carboxylic acids is 1. The van der Waals surface area contributed by atoms with Crippen LogP contribution in [0.25, 0.3) is 10.9 Å². The molecule has 0 N–H and O–H groups in total. The molecule has 2 aliphatic rings. The van der Waals surface area contributed by atoms with E-state index in [-0.39, 0.29) is 11.8 Å². The first-order valence-corrected chi connectivity index (χ1v) is 14.1. The molecular weight excluding hydrogens is 478 g/mol. The lowest BCUT2D eigenvalue weighted by Crippen LogP contribution is -2.37. The minimum atomic E-state index is -3.51. The number of amides is 1. The third kappa shape index (κ3) is 4.22. The molecule has 6 nitrogen and oxygen atoms in total. The van der Waals surface area contributed by atoms with Crippen molar-refractivity contribution in [3.63, 3.8) is 0 Å². The Morgan fingerprint density at radius 1 is 1.06 bits per heavy atom. The zero-order valence-corrected chi connectivity index (χ0v) is 21.1. The summed E-state index contributed by atoms with van der Waals surface area (Å²) in [4.78, 5) is 14.9. The number of benzene rings is 1. The molecule has 9 heteroatoms. The molecule has 0 radical (unpaired) electrons. The molecule has 0 saturated carbocycles. The van der Waals surface area contributed by atoms with Gasteiger partial charge in [-0.3, -0.25) is 4.79 Å². The van der Waals surface area contributed by atoms with E-state index < -0.39 is 10.0 Å². The third-order valence-electron chi connectivity index (χ3n) is 7.04. The van der Waals surface area contributed by atoms with Crippen LogP contribution in [0.1, 0.15) is 42.9 Å². The van der Waals surface area contributed by atoms with Crippen molar-refractivity contribution in [2.24, 2.45) is 0 Å². The van der Waals surface area contributed by atoms with Gasteiger partial charge in [0.25, 0.3) is 10.0 Å². The van der Waals surface area contributed by atoms with Gasteiger partial charge in [-0.1, -0.05) is 29.8 Å². The molecule has 2 saturated heterocycles. The summed E-state index contributed by atoms with van der Waals surface area (Å²) in [7, 11) is -3.51. The highest BCUT2D eigenvalue weighted by Crippen LogP contribution is 2.39. The largest absolute Gasteiger partial charge is 0.341 e. The zero-order valence-electron chi connectivity index (χ0n) is 18.7. The zero-order chi connectivity index (χ0) is 23.2. The van der Waals surface area contributed by atoms with Gasteiger partial charge in [-0.15, -0.1) is 11.3 Å². The quantitative estimate of drug-likeness (QED) is 0.497. The van der Waals surface area contributed by atoms with Gasteiger partial charge >= 0.3 is 0 Å². The minimum Gasteiger partial charge on any atom is -0.341 e. The maximum absolute atomic E-state index is 13.0. The van der Waals surface area contributed by atoms with Gasteiger partial charge in [-0.2, -0.15) is 4.31 Å². The van der Waals surface area contributed by atoms with E-state index in [0.29, 0.717) is 28.2 Å². The van der Waals surface area contributed by atoms with E-state index in [2.05, 4.69) is 23.6 Å². The summed E-state index contributed by atoms with van der Waals surface area (Å²) in [5, 5.41) is 1.18. The Bertz CT molecular complexity index is 1280. The molecule has 0 atom stereocenters. The van der Waals surface area contributed by atoms with Crippen LogP contribution >= 0.6 is 22.9 Å². The number of para-hydroxylation sites is 1. The first kappa shape index (κ1) is 22.9. The van der Waals surface area contributed by atoms with Crippen molar-refractivity contribution in [1.29, 1.82) is 0 Å². The average molecular weight is 506 g/mol. The SMILES string of the molecule is Cc1c(C2CCN(S(=O)(=O)c3ccc(Cl)s3)CC2)c2ccccc2n1CC(=O)N1CCCC1. The van der Waals surface area contributed by atoms with Crippen LogP contribution in [0.3, 0.4) is 0 Å². The monoisotopic (exact) mass is 505 g/mol. The highest BCUT2D eigenvalue weighted by atomic mass is 35.5. The second kappa shape index (κ2) is 9.06. The van der Waals surface area contributed by atoms with Crippen LogP contribution in [0.4, 0.5) is 0 Å². The van der Waals surface area contributed by atoms with Crippen molar-refractivity contribution in [1.82, 2.24) is 13.8 Å². The lowest BCUT2D eigenvalue weighted by molar-refractivity contribution is -0.130. The Kier molecular flexibility index (Phi) is 6.29. The van der Waals surface area contributed by atoms with Gasteiger partial charge < -0.3 is 9.47 Å². The molecule has 2 aromatic heterocycles. The van der Waals surface area contributed by atoms with E-state index >= 15 is 0 Å². The van der Waals surface area contributed by atoms with Crippen molar-refractivity contribution >= 4 is 49.8 Å². The summed E-state index contributed by atoms with van der Waals surface area (Å²) < 4.78 is 30.5. The maximum Gasteiger partial charge on any atom is 0.252 e. The van der Waals surface area contributed by atoms with Gasteiger partial charge in [-0.05, 0) is 62.3 Å². The molecule has 0 spiro atoms. The van der Waals surface area contributed by atoms with Crippen molar-refractivity contribution < 1.29 is 13.2 Å². The number of aromatic nitrogens is 1. The highest BCUT2D eigenvalue weighted by molar-refractivity contribution is 7.91. The van der Waals surface area contributed by atoms with Crippen LogP contribution in [0.2, 0.25) is 4.34 Å². The standard InChI is InChI=1S/C24H28ClN3O3S2/c1-17-24(18-10-14-27(15-11-18)33(30,31)23-9-8-21(25)32-23)19-6-2-3-7-20(19)28(17)16-22(29)26-12-4-5-13-26/h2-3,6-9,18H,4-5,10-16H2,1H3. The van der Waals surface area contributed by atoms with Gasteiger partial charge in [0, 0.05) is 42.8 Å². The van der Waals surface area contributed by atoms with Gasteiger partial charge in [-0.25, -0.2) is 8.42 Å². The molecular formula is C24H28ClN3O3S2. The first-order chi connectivity index (χ1) is 15.9. The van der Waals surface area contributed by atoms with Crippen molar-refractivity contribution in [3.8, 4) is 0 Å². The number of hydrogen-bond acceptors (Lipinski definition) is 4. The fraction of sp³-hybridized carbons (Fsp3) is 0.458. The summed E-state index contributed by atoms with van der Waals surface area (Å²) >= 11 is 7.07. The fourth-order valence-electron chi connectivity index (χ4n) is 5.33. The van der Waals surface area contributed by atoms with Crippen molar-refractivity contribution in [2.45, 2.75) is 49.3 Å². The second-order valence-corrected chi connectivity index (χ2v) is 12.8. The normalized spacial score (nSPS) is 18.4. The molecule has 3 aromatic rings. The van der Waals surface area contributed by atoms with Crippen LogP contribution in [0.5, 0.6) is 0 Å². The molecule has 176 valence electrons. The minimum absolute atomic E-state index is 0.179. The topological polar surface area (TPSA) is 62.6 Å². The number of likely N-dealkylation sites (tertiary alicyclic amines) is 1. The summed E-state index contributed by atoms with van der Waals surface area (Å²) in [6.07, 6.45) is 3.68. The Balaban J connectivity index is 1.39. The van der Waals surface area contributed by atoms with E-state index in [1.54, 1.807) is 16.4 Å². The molecule has 2 aliphatic heterocycles. The Labute approximate surface area is 203 Å². The number of sulfonamides is 1. The third-order valence-corrected chi connectivity index (χ3v) is 10.6. The van der Waals surface area contributed by atoms with Crippen molar-refractivity contribution in [3.05, 3.63) is 52.0 Å². The number of nitrogens with zero attached hydrogens (tertiary/aromatic N) is 3. The van der Waals surface area contributed by atoms with E-state index in [0.717, 1.165) is 61.3 Å². The number of carbonyl (C=O) groups is 1. The maximum atomic E-state index is 13.0. The first-order valence-electron chi connectivity index (χ1n) is 11.5. The summed E-state index contributed by atoms with van der Waals surface area (Å²) in [6.45, 7) is 5.13. The number of fused-ring (bicyclic) bond motifs is 1. The molecule has 0 aliphatic carbocycles. The van der Waals surface area contributed by atoms with Crippen LogP contribution in [0, 0.1) is 6.92 Å². The van der Waals surface area contributed by atoms with E-state index in [1.165, 1.54) is 10.9 Å². The van der Waals surface area contributed by atoms with Crippen LogP contribution in [-0.2, 0) is 21.4 Å². The smallest absolute Gasteiger partial charge is 0.252 e. The highest BCUT2D eigenvalue weighted by Gasteiger charge is 2.33. The fourth-order valence-corrected chi connectivity index (χ4v) is 8.43. The number of halogens is 1. The molecule has 33 heavy (non-hydrogen) atoms. The van der Waals surface area contributed by atoms with Crippen LogP contribution < -0.4 is 0 Å². The van der Waals surface area contributed by atoms with Gasteiger partial charge in [0.1, 0.15) is 10.8 Å². The molecule has 1 aromatic carbocycles. The number of piperidine rings is 1. The number of thiophene rings is 1. The summed E-state index contributed by atoms with van der Waals surface area (Å²) in [5.41, 5.74) is 3.46. The van der Waals surface area contributed by atoms with E-state index in [4.69, 9.17) is 11.6 Å². The van der Waals surface area contributed by atoms with Gasteiger partial charge in [0.2, 0.25) is 5.91 Å². The predicted octanol–water partition coefficient (Wildman–Crippen LogP) is 4.86. The molecule has 0 unspecified atom stereocenters. The lowest BCUT2D eigenvalue weighted by atomic mass is 9.88.